The van der Waals surface area contributed by atoms with Crippen molar-refractivity contribution in [2.45, 2.75) is 33.0 Å². The molecular weight excluding hydrogens is 523 g/mol. The SMILES string of the molecule is CCNC(=NCc1ccccc1COCC)NCC(c1cccs1)N1CCOCC1.I. The highest BCUT2D eigenvalue weighted by molar-refractivity contribution is 14.0. The maximum absolute atomic E-state index is 5.61. The van der Waals surface area contributed by atoms with Gasteiger partial charge < -0.3 is 20.1 Å². The Morgan fingerprint density at radius 2 is 1.90 bits per heavy atom. The lowest BCUT2D eigenvalue weighted by Crippen LogP contribution is -2.46. The summed E-state index contributed by atoms with van der Waals surface area (Å²) in [5.41, 5.74) is 2.40. The Bertz CT molecular complexity index is 767. The van der Waals surface area contributed by atoms with Crippen molar-refractivity contribution in [3.63, 3.8) is 0 Å². The van der Waals surface area contributed by atoms with E-state index in [1.807, 2.05) is 18.3 Å². The van der Waals surface area contributed by atoms with Crippen LogP contribution < -0.4 is 10.6 Å². The van der Waals surface area contributed by atoms with Gasteiger partial charge in [-0.1, -0.05) is 30.3 Å². The molecule has 3 rings (SSSR count). The van der Waals surface area contributed by atoms with Gasteiger partial charge in [0.1, 0.15) is 0 Å². The van der Waals surface area contributed by atoms with E-state index >= 15 is 0 Å². The van der Waals surface area contributed by atoms with Crippen molar-refractivity contribution < 1.29 is 9.47 Å². The molecular formula is C23H35IN4O2S. The third-order valence-electron chi connectivity index (χ3n) is 5.15. The molecule has 0 amide bonds. The monoisotopic (exact) mass is 558 g/mol. The molecule has 1 aliphatic heterocycles. The number of rotatable bonds is 10. The first-order chi connectivity index (χ1) is 14.8. The molecule has 1 aliphatic rings. The predicted molar refractivity (Wildman–Crippen MR) is 139 cm³/mol. The van der Waals surface area contributed by atoms with Crippen LogP contribution in [0.3, 0.4) is 0 Å². The molecule has 0 aliphatic carbocycles. The topological polar surface area (TPSA) is 58.1 Å². The molecule has 2 aromatic rings. The van der Waals surface area contributed by atoms with Crippen LogP contribution in [-0.2, 0) is 22.6 Å². The van der Waals surface area contributed by atoms with Crippen LogP contribution in [0.5, 0.6) is 0 Å². The predicted octanol–water partition coefficient (Wildman–Crippen LogP) is 4.03. The van der Waals surface area contributed by atoms with Gasteiger partial charge in [-0.15, -0.1) is 35.3 Å². The first-order valence-electron chi connectivity index (χ1n) is 10.8. The fraction of sp³-hybridized carbons (Fsp3) is 0.522. The second kappa shape index (κ2) is 14.8. The van der Waals surface area contributed by atoms with Gasteiger partial charge in [0.15, 0.2) is 5.96 Å². The minimum Gasteiger partial charge on any atom is -0.379 e. The molecule has 1 saturated heterocycles. The van der Waals surface area contributed by atoms with Crippen LogP contribution in [0.1, 0.15) is 35.9 Å². The summed E-state index contributed by atoms with van der Waals surface area (Å²) >= 11 is 1.81. The number of guanidine groups is 1. The van der Waals surface area contributed by atoms with Gasteiger partial charge >= 0.3 is 0 Å². The number of nitrogens with one attached hydrogen (secondary N) is 2. The van der Waals surface area contributed by atoms with E-state index in [0.29, 0.717) is 25.8 Å². The first-order valence-corrected chi connectivity index (χ1v) is 11.7. The van der Waals surface area contributed by atoms with Gasteiger partial charge in [-0.05, 0) is 36.4 Å². The largest absolute Gasteiger partial charge is 0.379 e. The number of benzene rings is 1. The van der Waals surface area contributed by atoms with Crippen molar-refractivity contribution in [3.05, 3.63) is 57.8 Å². The number of nitrogens with zero attached hydrogens (tertiary/aromatic N) is 2. The molecule has 2 heterocycles. The zero-order valence-corrected chi connectivity index (χ0v) is 21.7. The Balaban J connectivity index is 0.00000341. The minimum absolute atomic E-state index is 0. The van der Waals surface area contributed by atoms with Crippen LogP contribution >= 0.6 is 35.3 Å². The fourth-order valence-corrected chi connectivity index (χ4v) is 4.40. The Labute approximate surface area is 207 Å². The third-order valence-corrected chi connectivity index (χ3v) is 6.13. The summed E-state index contributed by atoms with van der Waals surface area (Å²) in [7, 11) is 0. The Morgan fingerprint density at radius 1 is 1.13 bits per heavy atom. The molecule has 1 unspecified atom stereocenters. The summed E-state index contributed by atoms with van der Waals surface area (Å²) in [4.78, 5) is 8.73. The van der Waals surface area contributed by atoms with E-state index in [1.165, 1.54) is 16.0 Å². The molecule has 0 radical (unpaired) electrons. The molecule has 6 nitrogen and oxygen atoms in total. The molecule has 0 spiro atoms. The quantitative estimate of drug-likeness (QED) is 0.262. The molecule has 1 aromatic heterocycles. The van der Waals surface area contributed by atoms with Gasteiger partial charge in [0.2, 0.25) is 0 Å². The van der Waals surface area contributed by atoms with Crippen LogP contribution in [0.25, 0.3) is 0 Å². The Hall–Kier alpha value is -1.20. The molecule has 2 N–H and O–H groups in total. The maximum Gasteiger partial charge on any atom is 0.191 e. The molecule has 8 heteroatoms. The van der Waals surface area contributed by atoms with Crippen molar-refractivity contribution >= 4 is 41.3 Å². The zero-order chi connectivity index (χ0) is 21.0. The van der Waals surface area contributed by atoms with Crippen molar-refractivity contribution in [1.82, 2.24) is 15.5 Å². The Morgan fingerprint density at radius 3 is 2.58 bits per heavy atom. The number of aliphatic imine (C=N–C) groups is 1. The normalized spacial score (nSPS) is 15.9. The number of thiophene rings is 1. The van der Waals surface area contributed by atoms with Crippen LogP contribution in [-0.4, -0.2) is 56.9 Å². The van der Waals surface area contributed by atoms with Crippen molar-refractivity contribution in [2.75, 3.05) is 46.0 Å². The van der Waals surface area contributed by atoms with E-state index in [-0.39, 0.29) is 24.0 Å². The molecule has 0 bridgehead atoms. The number of hydrogen-bond acceptors (Lipinski definition) is 5. The molecule has 31 heavy (non-hydrogen) atoms. The van der Waals surface area contributed by atoms with E-state index in [4.69, 9.17) is 14.5 Å². The minimum atomic E-state index is 0. The zero-order valence-electron chi connectivity index (χ0n) is 18.5. The number of morpholine rings is 1. The summed E-state index contributed by atoms with van der Waals surface area (Å²) < 4.78 is 11.2. The highest BCUT2D eigenvalue weighted by Gasteiger charge is 2.23. The van der Waals surface area contributed by atoms with E-state index in [0.717, 1.165) is 45.4 Å². The van der Waals surface area contributed by atoms with Gasteiger partial charge in [0.25, 0.3) is 0 Å². The molecule has 0 saturated carbocycles. The van der Waals surface area contributed by atoms with E-state index < -0.39 is 0 Å². The summed E-state index contributed by atoms with van der Waals surface area (Å²) in [6, 6.07) is 13.0. The molecule has 1 atom stereocenters. The summed E-state index contributed by atoms with van der Waals surface area (Å²) in [6.45, 7) is 11.2. The fourth-order valence-electron chi connectivity index (χ4n) is 3.54. The van der Waals surface area contributed by atoms with E-state index in [9.17, 15) is 0 Å². The standard InChI is InChI=1S/C23H34N4O2S.HI/c1-3-24-23(25-16-19-8-5-6-9-20(19)18-28-4-2)26-17-21(22-10-7-15-30-22)27-11-13-29-14-12-27;/h5-10,15,21H,3-4,11-14,16-18H2,1-2H3,(H2,24,25,26);1H. The van der Waals surface area contributed by atoms with Gasteiger partial charge in [-0.25, -0.2) is 4.99 Å². The average Bonchev–Trinajstić information content (AvgIpc) is 3.32. The van der Waals surface area contributed by atoms with Crippen LogP contribution in [0.4, 0.5) is 0 Å². The van der Waals surface area contributed by atoms with Gasteiger partial charge in [-0.3, -0.25) is 4.90 Å². The maximum atomic E-state index is 5.61. The highest BCUT2D eigenvalue weighted by atomic mass is 127. The molecule has 172 valence electrons. The number of halogens is 1. The smallest absolute Gasteiger partial charge is 0.191 e. The summed E-state index contributed by atoms with van der Waals surface area (Å²) in [5, 5.41) is 9.11. The van der Waals surface area contributed by atoms with Gasteiger partial charge in [0.05, 0.1) is 32.4 Å². The highest BCUT2D eigenvalue weighted by Crippen LogP contribution is 2.25. The number of hydrogen-bond donors (Lipinski definition) is 2. The lowest BCUT2D eigenvalue weighted by atomic mass is 10.1. The van der Waals surface area contributed by atoms with Gasteiger partial charge in [0, 0.05) is 37.7 Å². The van der Waals surface area contributed by atoms with Crippen LogP contribution in [0, 0.1) is 0 Å². The molecule has 1 aromatic carbocycles. The molecule has 1 fully saturated rings. The first kappa shape index (κ1) is 26.1. The average molecular weight is 559 g/mol. The van der Waals surface area contributed by atoms with Crippen molar-refractivity contribution in [2.24, 2.45) is 4.99 Å². The van der Waals surface area contributed by atoms with E-state index in [2.05, 4.69) is 64.2 Å². The van der Waals surface area contributed by atoms with E-state index in [1.54, 1.807) is 0 Å². The van der Waals surface area contributed by atoms with Gasteiger partial charge in [-0.2, -0.15) is 0 Å². The lowest BCUT2D eigenvalue weighted by Gasteiger charge is -2.34. The summed E-state index contributed by atoms with van der Waals surface area (Å²) in [6.07, 6.45) is 0. The third kappa shape index (κ3) is 8.34. The summed E-state index contributed by atoms with van der Waals surface area (Å²) in [5.74, 6) is 0.846. The Kier molecular flexibility index (Phi) is 12.4. The second-order valence-corrected chi connectivity index (χ2v) is 8.14. The second-order valence-electron chi connectivity index (χ2n) is 7.16. The van der Waals surface area contributed by atoms with Crippen LogP contribution in [0.2, 0.25) is 0 Å². The number of ether oxygens (including phenoxy) is 2. The van der Waals surface area contributed by atoms with Crippen molar-refractivity contribution in [1.29, 1.82) is 0 Å². The van der Waals surface area contributed by atoms with Crippen molar-refractivity contribution in [3.8, 4) is 0 Å². The lowest BCUT2D eigenvalue weighted by molar-refractivity contribution is 0.0177. The van der Waals surface area contributed by atoms with Crippen LogP contribution in [0.15, 0.2) is 46.8 Å².